The molecule has 0 amide bonds. The largest absolute Gasteiger partial charge is 0.469 e. The van der Waals surface area contributed by atoms with E-state index in [1.54, 1.807) is 0 Å². The van der Waals surface area contributed by atoms with Gasteiger partial charge in [0.1, 0.15) is 12.2 Å². The summed E-state index contributed by atoms with van der Waals surface area (Å²) in [4.78, 5) is 22.1. The van der Waals surface area contributed by atoms with Crippen LogP contribution in [0.25, 0.3) is 0 Å². The van der Waals surface area contributed by atoms with Crippen LogP contribution in [-0.4, -0.2) is 18.9 Å². The third-order valence-electron chi connectivity index (χ3n) is 2.88. The van der Waals surface area contributed by atoms with E-state index in [-0.39, 0.29) is 12.2 Å². The topological polar surface area (TPSA) is 43.4 Å². The molecule has 0 aromatic carbocycles. The molecule has 0 aliphatic carbocycles. The molecule has 0 fully saturated rings. The molecule has 0 unspecified atom stereocenters. The Morgan fingerprint density at radius 1 is 0.882 bits per heavy atom. The van der Waals surface area contributed by atoms with Crippen molar-refractivity contribution in [3.8, 4) is 0 Å². The first-order valence-corrected chi connectivity index (χ1v) is 6.79. The molecule has 0 aromatic rings. The molecular weight excluding hydrogens is 216 g/mol. The van der Waals surface area contributed by atoms with Crippen LogP contribution < -0.4 is 0 Å². The molecule has 0 saturated carbocycles. The predicted molar refractivity (Wildman–Crippen MR) is 68.9 cm³/mol. The molecule has 0 heterocycles. The van der Waals surface area contributed by atoms with Gasteiger partial charge >= 0.3 is 5.97 Å². The minimum absolute atomic E-state index is 0.00262. The number of hydrogen-bond acceptors (Lipinski definition) is 3. The van der Waals surface area contributed by atoms with E-state index in [4.69, 9.17) is 0 Å². The van der Waals surface area contributed by atoms with E-state index in [0.717, 1.165) is 12.8 Å². The van der Waals surface area contributed by atoms with Gasteiger partial charge in [-0.05, 0) is 6.42 Å². The lowest BCUT2D eigenvalue weighted by molar-refractivity contribution is -0.143. The van der Waals surface area contributed by atoms with Crippen molar-refractivity contribution in [2.45, 2.75) is 71.1 Å². The molecular formula is C14H26O3. The van der Waals surface area contributed by atoms with Gasteiger partial charge in [0.2, 0.25) is 0 Å². The third-order valence-corrected chi connectivity index (χ3v) is 2.88. The standard InChI is InChI=1S/C14H26O3/c1-3-4-5-6-7-8-9-10-11-13(15)12-14(16)17-2/h3-12H2,1-2H3. The van der Waals surface area contributed by atoms with Crippen LogP contribution in [-0.2, 0) is 14.3 Å². The van der Waals surface area contributed by atoms with Gasteiger partial charge in [-0.15, -0.1) is 0 Å². The summed E-state index contributed by atoms with van der Waals surface area (Å²) in [7, 11) is 1.31. The fourth-order valence-corrected chi connectivity index (χ4v) is 1.78. The first-order chi connectivity index (χ1) is 8.20. The number of ether oxygens (including phenoxy) is 1. The molecule has 0 rings (SSSR count). The lowest BCUT2D eigenvalue weighted by atomic mass is 10.1. The maximum Gasteiger partial charge on any atom is 0.313 e. The van der Waals surface area contributed by atoms with Crippen molar-refractivity contribution in [3.05, 3.63) is 0 Å². The Kier molecular flexibility index (Phi) is 11.0. The second-order valence-corrected chi connectivity index (χ2v) is 4.52. The third kappa shape index (κ3) is 11.4. The maximum absolute atomic E-state index is 11.3. The number of carbonyl (C=O) groups is 2. The lowest BCUT2D eigenvalue weighted by Gasteiger charge is -2.01. The number of esters is 1. The predicted octanol–water partition coefficient (Wildman–Crippen LogP) is 3.65. The van der Waals surface area contributed by atoms with E-state index in [1.165, 1.54) is 45.6 Å². The quantitative estimate of drug-likeness (QED) is 0.315. The molecule has 17 heavy (non-hydrogen) atoms. The highest BCUT2D eigenvalue weighted by Gasteiger charge is 2.08. The van der Waals surface area contributed by atoms with E-state index in [9.17, 15) is 9.59 Å². The minimum atomic E-state index is -0.422. The van der Waals surface area contributed by atoms with Gasteiger partial charge in [-0.1, -0.05) is 51.9 Å². The van der Waals surface area contributed by atoms with Crippen LogP contribution in [0.1, 0.15) is 71.1 Å². The maximum atomic E-state index is 11.3. The van der Waals surface area contributed by atoms with Crippen molar-refractivity contribution < 1.29 is 14.3 Å². The van der Waals surface area contributed by atoms with Gasteiger partial charge in [-0.25, -0.2) is 0 Å². The zero-order valence-electron chi connectivity index (χ0n) is 11.3. The number of rotatable bonds is 11. The van der Waals surface area contributed by atoms with E-state index in [1.807, 2.05) is 0 Å². The minimum Gasteiger partial charge on any atom is -0.469 e. The van der Waals surface area contributed by atoms with Gasteiger partial charge in [-0.3, -0.25) is 9.59 Å². The van der Waals surface area contributed by atoms with E-state index in [0.29, 0.717) is 6.42 Å². The molecule has 0 aliphatic heterocycles. The fourth-order valence-electron chi connectivity index (χ4n) is 1.78. The number of unbranched alkanes of at least 4 members (excludes halogenated alkanes) is 7. The van der Waals surface area contributed by atoms with Gasteiger partial charge in [0, 0.05) is 6.42 Å². The second-order valence-electron chi connectivity index (χ2n) is 4.52. The smallest absolute Gasteiger partial charge is 0.313 e. The SMILES string of the molecule is CCCCCCCCCCC(=O)CC(=O)OC. The van der Waals surface area contributed by atoms with Crippen LogP contribution in [0.4, 0.5) is 0 Å². The highest BCUT2D eigenvalue weighted by molar-refractivity contribution is 5.95. The van der Waals surface area contributed by atoms with E-state index >= 15 is 0 Å². The Morgan fingerprint density at radius 3 is 1.94 bits per heavy atom. The van der Waals surface area contributed by atoms with Crippen molar-refractivity contribution in [3.63, 3.8) is 0 Å². The Balaban J connectivity index is 3.22. The normalized spacial score (nSPS) is 10.2. The molecule has 0 saturated heterocycles. The average Bonchev–Trinajstić information content (AvgIpc) is 2.32. The summed E-state index contributed by atoms with van der Waals surface area (Å²) >= 11 is 0. The summed E-state index contributed by atoms with van der Waals surface area (Å²) in [6.45, 7) is 2.22. The van der Waals surface area contributed by atoms with Crippen molar-refractivity contribution in [2.75, 3.05) is 7.11 Å². The molecule has 0 radical (unpaired) electrons. The van der Waals surface area contributed by atoms with Gasteiger partial charge in [0.15, 0.2) is 0 Å². The number of ketones is 1. The van der Waals surface area contributed by atoms with Crippen LogP contribution in [0, 0.1) is 0 Å². The monoisotopic (exact) mass is 242 g/mol. The van der Waals surface area contributed by atoms with Crippen molar-refractivity contribution >= 4 is 11.8 Å². The Morgan fingerprint density at radius 2 is 1.41 bits per heavy atom. The van der Waals surface area contributed by atoms with Gasteiger partial charge in [-0.2, -0.15) is 0 Å². The molecule has 0 spiro atoms. The van der Waals surface area contributed by atoms with Crippen LogP contribution in [0.5, 0.6) is 0 Å². The Hall–Kier alpha value is -0.860. The first-order valence-electron chi connectivity index (χ1n) is 6.79. The molecule has 0 N–H and O–H groups in total. The second kappa shape index (κ2) is 11.6. The summed E-state index contributed by atoms with van der Waals surface area (Å²) in [5.41, 5.74) is 0. The molecule has 0 atom stereocenters. The van der Waals surface area contributed by atoms with Gasteiger partial charge in [0.05, 0.1) is 7.11 Å². The molecule has 100 valence electrons. The highest BCUT2D eigenvalue weighted by Crippen LogP contribution is 2.10. The van der Waals surface area contributed by atoms with Gasteiger partial charge < -0.3 is 4.74 Å². The highest BCUT2D eigenvalue weighted by atomic mass is 16.5. The molecule has 3 heteroatoms. The number of hydrogen-bond donors (Lipinski definition) is 0. The zero-order chi connectivity index (χ0) is 12.9. The van der Waals surface area contributed by atoms with Crippen LogP contribution in [0.15, 0.2) is 0 Å². The summed E-state index contributed by atoms with van der Waals surface area (Å²) < 4.78 is 4.44. The van der Waals surface area contributed by atoms with Crippen molar-refractivity contribution in [2.24, 2.45) is 0 Å². The number of carbonyl (C=O) groups excluding carboxylic acids is 2. The lowest BCUT2D eigenvalue weighted by Crippen LogP contribution is -2.08. The Labute approximate surface area is 105 Å². The van der Waals surface area contributed by atoms with Crippen LogP contribution in [0.2, 0.25) is 0 Å². The summed E-state index contributed by atoms with van der Waals surface area (Å²) in [5, 5.41) is 0. The zero-order valence-corrected chi connectivity index (χ0v) is 11.3. The molecule has 0 aliphatic rings. The number of methoxy groups -OCH3 is 1. The molecule has 3 nitrogen and oxygen atoms in total. The van der Waals surface area contributed by atoms with Crippen molar-refractivity contribution in [1.29, 1.82) is 0 Å². The summed E-state index contributed by atoms with van der Waals surface area (Å²) in [5.74, 6) is -0.419. The van der Waals surface area contributed by atoms with Crippen LogP contribution in [0.3, 0.4) is 0 Å². The summed E-state index contributed by atoms with van der Waals surface area (Å²) in [6, 6.07) is 0. The fraction of sp³-hybridized carbons (Fsp3) is 0.857. The van der Waals surface area contributed by atoms with Crippen LogP contribution >= 0.6 is 0 Å². The first kappa shape index (κ1) is 16.1. The average molecular weight is 242 g/mol. The number of Topliss-reactive ketones (excluding diaryl/α,β-unsaturated/α-hetero) is 1. The van der Waals surface area contributed by atoms with E-state index in [2.05, 4.69) is 11.7 Å². The van der Waals surface area contributed by atoms with Gasteiger partial charge in [0.25, 0.3) is 0 Å². The molecule has 0 aromatic heterocycles. The van der Waals surface area contributed by atoms with E-state index < -0.39 is 5.97 Å². The summed E-state index contributed by atoms with van der Waals surface area (Å²) in [6.07, 6.45) is 10.2. The van der Waals surface area contributed by atoms with Crippen molar-refractivity contribution in [1.82, 2.24) is 0 Å². The Bertz CT molecular complexity index is 212. The molecule has 0 bridgehead atoms.